The molecule has 0 aliphatic carbocycles. The fourth-order valence-corrected chi connectivity index (χ4v) is 6.47. The van der Waals surface area contributed by atoms with Crippen LogP contribution in [0.3, 0.4) is 0 Å². The molecule has 9 nitrogen and oxygen atoms in total. The highest BCUT2D eigenvalue weighted by Gasteiger charge is 2.57. The number of methoxy groups -OCH3 is 2. The Labute approximate surface area is 231 Å². The van der Waals surface area contributed by atoms with Gasteiger partial charge in [-0.05, 0) is 50.2 Å². The molecule has 1 saturated heterocycles. The van der Waals surface area contributed by atoms with Crippen molar-refractivity contribution in [1.82, 2.24) is 0 Å². The first kappa shape index (κ1) is 29.6. The largest absolute Gasteiger partial charge is 0.507 e. The van der Waals surface area contributed by atoms with E-state index < -0.39 is 29.2 Å². The lowest BCUT2D eigenvalue weighted by Crippen LogP contribution is -2.49. The van der Waals surface area contributed by atoms with Crippen molar-refractivity contribution in [3.05, 3.63) is 22.8 Å². The van der Waals surface area contributed by atoms with Gasteiger partial charge >= 0.3 is 11.9 Å². The van der Waals surface area contributed by atoms with Crippen molar-refractivity contribution in [2.24, 2.45) is 17.3 Å². The molecule has 0 saturated carbocycles. The van der Waals surface area contributed by atoms with Gasteiger partial charge < -0.3 is 33.9 Å². The number of rotatable bonds is 10. The second-order valence-electron chi connectivity index (χ2n) is 11.6. The van der Waals surface area contributed by atoms with Gasteiger partial charge in [0.15, 0.2) is 0 Å². The number of carbonyl (C=O) groups excluding carboxylic acids is 2. The Morgan fingerprint density at radius 3 is 2.62 bits per heavy atom. The average Bonchev–Trinajstić information content (AvgIpc) is 3.20. The number of aliphatic hydroxyl groups excluding tert-OH is 1. The summed E-state index contributed by atoms with van der Waals surface area (Å²) in [7, 11) is 2.59. The second-order valence-corrected chi connectivity index (χ2v) is 11.6. The van der Waals surface area contributed by atoms with Crippen molar-refractivity contribution in [3.8, 4) is 11.5 Å². The molecule has 4 rings (SSSR count). The minimum atomic E-state index is -1.13. The standard InChI is InChI=1S/C30H44O9/c1-7-9-10-11-20-12-18-13-21(31)25(27(33)35-5)26-24(18)22(38-20)15-30(39-26)17(3)19(16-37-30)14-23(32)29(4,8-2)28(34)36-6/h13,17,19-20,22-23,31-32H,7-12,14-16H2,1-6H3/t17-,19+,20+,22-,23?,29+,30-/m1/s1. The van der Waals surface area contributed by atoms with Crippen molar-refractivity contribution in [2.75, 3.05) is 20.8 Å². The van der Waals surface area contributed by atoms with Crippen LogP contribution in [0.4, 0.5) is 0 Å². The lowest BCUT2D eigenvalue weighted by molar-refractivity contribution is -0.214. The van der Waals surface area contributed by atoms with Crippen LogP contribution in [-0.4, -0.2) is 61.0 Å². The highest BCUT2D eigenvalue weighted by molar-refractivity contribution is 5.96. The molecular formula is C30H44O9. The van der Waals surface area contributed by atoms with Crippen molar-refractivity contribution < 1.29 is 43.5 Å². The summed E-state index contributed by atoms with van der Waals surface area (Å²) >= 11 is 0. The number of hydrogen-bond acceptors (Lipinski definition) is 9. The lowest BCUT2D eigenvalue weighted by Gasteiger charge is -2.46. The van der Waals surface area contributed by atoms with Crippen molar-refractivity contribution in [3.63, 3.8) is 0 Å². The molecule has 3 heterocycles. The second kappa shape index (κ2) is 11.6. The number of phenols is 1. The van der Waals surface area contributed by atoms with Crippen LogP contribution in [0, 0.1) is 17.3 Å². The Morgan fingerprint density at radius 1 is 1.23 bits per heavy atom. The number of benzene rings is 1. The smallest absolute Gasteiger partial charge is 0.345 e. The molecule has 7 atom stereocenters. The molecular weight excluding hydrogens is 504 g/mol. The van der Waals surface area contributed by atoms with E-state index >= 15 is 0 Å². The van der Waals surface area contributed by atoms with Gasteiger partial charge in [0.2, 0.25) is 5.79 Å². The number of esters is 2. The maximum absolute atomic E-state index is 12.8. The molecule has 3 aliphatic rings. The van der Waals surface area contributed by atoms with E-state index in [0.29, 0.717) is 32.3 Å². The van der Waals surface area contributed by atoms with Crippen LogP contribution in [0.2, 0.25) is 0 Å². The van der Waals surface area contributed by atoms with E-state index in [1.807, 2.05) is 13.8 Å². The van der Waals surface area contributed by atoms with Gasteiger partial charge in [0, 0.05) is 17.9 Å². The predicted octanol–water partition coefficient (Wildman–Crippen LogP) is 4.84. The minimum absolute atomic E-state index is 0.0138. The lowest BCUT2D eigenvalue weighted by atomic mass is 9.74. The van der Waals surface area contributed by atoms with Crippen LogP contribution in [0.5, 0.6) is 11.5 Å². The molecule has 1 aromatic carbocycles. The fourth-order valence-electron chi connectivity index (χ4n) is 6.47. The third-order valence-electron chi connectivity index (χ3n) is 9.37. The quantitative estimate of drug-likeness (QED) is 0.312. The summed E-state index contributed by atoms with van der Waals surface area (Å²) in [5.74, 6) is -2.54. The third-order valence-corrected chi connectivity index (χ3v) is 9.37. The number of unbranched alkanes of at least 4 members (excludes halogenated alkanes) is 2. The molecule has 1 unspecified atom stereocenters. The van der Waals surface area contributed by atoms with Crippen LogP contribution in [-0.2, 0) is 30.2 Å². The van der Waals surface area contributed by atoms with Crippen molar-refractivity contribution in [2.45, 2.75) is 103 Å². The zero-order chi connectivity index (χ0) is 28.5. The van der Waals surface area contributed by atoms with E-state index in [1.54, 1.807) is 13.0 Å². The minimum Gasteiger partial charge on any atom is -0.507 e. The van der Waals surface area contributed by atoms with E-state index in [0.717, 1.165) is 36.8 Å². The zero-order valence-corrected chi connectivity index (χ0v) is 24.1. The fraction of sp³-hybridized carbons (Fsp3) is 0.733. The van der Waals surface area contributed by atoms with Gasteiger partial charge in [-0.2, -0.15) is 0 Å². The molecule has 218 valence electrons. The first-order valence-corrected chi connectivity index (χ1v) is 14.3. The van der Waals surface area contributed by atoms with E-state index in [1.165, 1.54) is 14.2 Å². The van der Waals surface area contributed by atoms with Crippen LogP contribution in [0.25, 0.3) is 0 Å². The number of carbonyl (C=O) groups is 2. The average molecular weight is 549 g/mol. The molecule has 0 amide bonds. The molecule has 1 fully saturated rings. The Morgan fingerprint density at radius 2 is 1.97 bits per heavy atom. The van der Waals surface area contributed by atoms with Crippen LogP contribution in [0.15, 0.2) is 6.07 Å². The molecule has 39 heavy (non-hydrogen) atoms. The SMILES string of the molecule is CCCCC[C@H]1Cc2cc(O)c(C(=O)OC)c3c2[C@@H](C[C@@]2(OC[C@H](CC(O)[C@](C)(CC)C(=O)OC)[C@H]2C)O3)O1. The zero-order valence-electron chi connectivity index (χ0n) is 24.1. The Bertz CT molecular complexity index is 1070. The van der Waals surface area contributed by atoms with Crippen LogP contribution in [0.1, 0.15) is 100 Å². The number of hydrogen-bond donors (Lipinski definition) is 2. The van der Waals surface area contributed by atoms with Gasteiger partial charge in [0.25, 0.3) is 0 Å². The summed E-state index contributed by atoms with van der Waals surface area (Å²) in [6, 6.07) is 1.64. The number of phenolic OH excluding ortho intramolecular Hbond substituents is 1. The summed E-state index contributed by atoms with van der Waals surface area (Å²) in [4.78, 5) is 25.3. The molecule has 9 heteroatoms. The third kappa shape index (κ3) is 5.25. The van der Waals surface area contributed by atoms with E-state index in [2.05, 4.69) is 6.92 Å². The maximum atomic E-state index is 12.8. The number of ether oxygens (including phenoxy) is 5. The molecule has 1 aromatic rings. The normalized spacial score (nSPS) is 29.7. The van der Waals surface area contributed by atoms with Gasteiger partial charge in [-0.1, -0.05) is 40.0 Å². The maximum Gasteiger partial charge on any atom is 0.345 e. The molecule has 0 aromatic heterocycles. The first-order chi connectivity index (χ1) is 18.5. The summed E-state index contributed by atoms with van der Waals surface area (Å²) < 4.78 is 29.5. The first-order valence-electron chi connectivity index (χ1n) is 14.3. The molecule has 0 bridgehead atoms. The summed E-state index contributed by atoms with van der Waals surface area (Å²) in [6.45, 7) is 8.04. The Hall–Kier alpha value is -2.36. The predicted molar refractivity (Wildman–Crippen MR) is 143 cm³/mol. The summed E-state index contributed by atoms with van der Waals surface area (Å²) in [6.07, 6.45) is 4.64. The van der Waals surface area contributed by atoms with E-state index in [4.69, 9.17) is 23.7 Å². The number of aliphatic hydroxyl groups is 1. The highest BCUT2D eigenvalue weighted by atomic mass is 16.7. The Kier molecular flexibility index (Phi) is 8.83. The topological polar surface area (TPSA) is 121 Å². The number of aromatic hydroxyl groups is 1. The molecule has 1 spiro atoms. The highest BCUT2D eigenvalue weighted by Crippen LogP contribution is 2.56. The van der Waals surface area contributed by atoms with Crippen LogP contribution >= 0.6 is 0 Å². The van der Waals surface area contributed by atoms with E-state index in [9.17, 15) is 19.8 Å². The summed E-state index contributed by atoms with van der Waals surface area (Å²) in [5, 5.41) is 22.1. The van der Waals surface area contributed by atoms with Crippen molar-refractivity contribution in [1.29, 1.82) is 0 Å². The Balaban J connectivity index is 1.66. The van der Waals surface area contributed by atoms with E-state index in [-0.39, 0.29) is 41.1 Å². The molecule has 0 radical (unpaired) electrons. The summed E-state index contributed by atoms with van der Waals surface area (Å²) in [5.41, 5.74) is 0.615. The van der Waals surface area contributed by atoms with Gasteiger partial charge in [-0.25, -0.2) is 4.79 Å². The van der Waals surface area contributed by atoms with Crippen LogP contribution < -0.4 is 4.74 Å². The van der Waals surface area contributed by atoms with Gasteiger partial charge in [-0.3, -0.25) is 4.79 Å². The monoisotopic (exact) mass is 548 g/mol. The van der Waals surface area contributed by atoms with Gasteiger partial charge in [0.05, 0.1) is 44.6 Å². The van der Waals surface area contributed by atoms with Gasteiger partial charge in [0.1, 0.15) is 17.1 Å². The van der Waals surface area contributed by atoms with Crippen molar-refractivity contribution >= 4 is 11.9 Å². The molecule has 3 aliphatic heterocycles. The molecule has 2 N–H and O–H groups in total. The van der Waals surface area contributed by atoms with Gasteiger partial charge in [-0.15, -0.1) is 0 Å².